The number of nitrogens with zero attached hydrogens (tertiary/aromatic N) is 2. The molecule has 4 rings (SSSR count). The second-order valence-electron chi connectivity index (χ2n) is 6.74. The maximum absolute atomic E-state index is 13.7. The fraction of sp³-hybridized carbons (Fsp3) is 0.0435. The number of hydrogen-bond donors (Lipinski definition) is 2. The first-order chi connectivity index (χ1) is 15.0. The Morgan fingerprint density at radius 1 is 0.806 bits per heavy atom. The molecule has 8 heteroatoms. The van der Waals surface area contributed by atoms with Crippen LogP contribution in [0, 0.1) is 12.7 Å². The van der Waals surface area contributed by atoms with Crippen molar-refractivity contribution in [3.63, 3.8) is 0 Å². The second kappa shape index (κ2) is 8.85. The van der Waals surface area contributed by atoms with E-state index >= 15 is 0 Å². The van der Waals surface area contributed by atoms with Gasteiger partial charge in [0.1, 0.15) is 10.8 Å². The first kappa shape index (κ1) is 20.4. The number of nitrogens with one attached hydrogen (secondary N) is 2. The molecule has 0 fully saturated rings. The Morgan fingerprint density at radius 3 is 2.10 bits per heavy atom. The third-order valence-electron chi connectivity index (χ3n) is 4.44. The molecular formula is C23H17FN4O2S. The van der Waals surface area contributed by atoms with Crippen LogP contribution in [0.4, 0.5) is 15.8 Å². The summed E-state index contributed by atoms with van der Waals surface area (Å²) in [5.41, 5.74) is 3.02. The molecule has 6 nitrogen and oxygen atoms in total. The lowest BCUT2D eigenvalue weighted by molar-refractivity contribution is 0.101. The topological polar surface area (TPSA) is 84.0 Å². The molecule has 2 amide bonds. The van der Waals surface area contributed by atoms with Crippen molar-refractivity contribution < 1.29 is 14.0 Å². The summed E-state index contributed by atoms with van der Waals surface area (Å²) >= 11 is 1.16. The summed E-state index contributed by atoms with van der Waals surface area (Å²) in [5, 5.41) is 14.3. The lowest BCUT2D eigenvalue weighted by atomic mass is 10.2. The molecule has 3 aromatic carbocycles. The third kappa shape index (κ3) is 4.81. The van der Waals surface area contributed by atoms with Crippen LogP contribution in [0.1, 0.15) is 25.7 Å². The van der Waals surface area contributed by atoms with E-state index in [2.05, 4.69) is 20.8 Å². The van der Waals surface area contributed by atoms with Gasteiger partial charge in [0, 0.05) is 16.9 Å². The quantitative estimate of drug-likeness (QED) is 0.456. The molecule has 4 aromatic rings. The summed E-state index contributed by atoms with van der Waals surface area (Å²) in [7, 11) is 0. The number of carbonyl (C=O) groups excluding carboxylic acids is 2. The minimum Gasteiger partial charge on any atom is -0.322 e. The summed E-state index contributed by atoms with van der Waals surface area (Å²) in [6, 6.07) is 20.1. The molecule has 1 aromatic heterocycles. The van der Waals surface area contributed by atoms with Gasteiger partial charge in [-0.05, 0) is 55.5 Å². The molecule has 0 atom stereocenters. The molecule has 0 saturated heterocycles. The van der Waals surface area contributed by atoms with E-state index in [1.165, 1.54) is 18.2 Å². The largest absolute Gasteiger partial charge is 0.322 e. The molecule has 0 saturated carbocycles. The van der Waals surface area contributed by atoms with Gasteiger partial charge in [-0.15, -0.1) is 10.2 Å². The van der Waals surface area contributed by atoms with Crippen molar-refractivity contribution in [3.8, 4) is 10.6 Å². The number of hydrogen-bond acceptors (Lipinski definition) is 5. The predicted molar refractivity (Wildman–Crippen MR) is 119 cm³/mol. The number of rotatable bonds is 5. The zero-order chi connectivity index (χ0) is 21.8. The number of aromatic nitrogens is 2. The van der Waals surface area contributed by atoms with Crippen LogP contribution >= 0.6 is 11.3 Å². The monoisotopic (exact) mass is 432 g/mol. The lowest BCUT2D eigenvalue weighted by Crippen LogP contribution is -2.13. The highest BCUT2D eigenvalue weighted by atomic mass is 32.1. The van der Waals surface area contributed by atoms with E-state index in [0.29, 0.717) is 16.4 Å². The summed E-state index contributed by atoms with van der Waals surface area (Å²) in [6.07, 6.45) is 0. The fourth-order valence-corrected chi connectivity index (χ4v) is 3.54. The van der Waals surface area contributed by atoms with E-state index < -0.39 is 11.7 Å². The van der Waals surface area contributed by atoms with Crippen LogP contribution < -0.4 is 10.6 Å². The van der Waals surface area contributed by atoms with Gasteiger partial charge in [0.2, 0.25) is 5.01 Å². The van der Waals surface area contributed by atoms with Gasteiger partial charge in [0.05, 0.1) is 5.56 Å². The highest BCUT2D eigenvalue weighted by Crippen LogP contribution is 2.26. The third-order valence-corrected chi connectivity index (χ3v) is 5.41. The number of anilines is 2. The Kier molecular flexibility index (Phi) is 5.81. The second-order valence-corrected chi connectivity index (χ2v) is 7.72. The molecule has 154 valence electrons. The van der Waals surface area contributed by atoms with Gasteiger partial charge in [-0.3, -0.25) is 9.59 Å². The summed E-state index contributed by atoms with van der Waals surface area (Å²) < 4.78 is 13.7. The standard InChI is InChI=1S/C23H17FN4O2S/c1-14-6-10-16(11-7-14)26-21(30)23-28-27-22(31-23)15-8-12-17(13-9-15)25-20(29)18-4-2-3-5-19(18)24/h2-13H,1H3,(H,25,29)(H,26,30). The van der Waals surface area contributed by atoms with Crippen LogP contribution in [-0.4, -0.2) is 22.0 Å². The van der Waals surface area contributed by atoms with Gasteiger partial charge in [-0.25, -0.2) is 4.39 Å². The van der Waals surface area contributed by atoms with Crippen LogP contribution in [0.2, 0.25) is 0 Å². The number of aryl methyl sites for hydroxylation is 1. The molecule has 0 aliphatic heterocycles. The SMILES string of the molecule is Cc1ccc(NC(=O)c2nnc(-c3ccc(NC(=O)c4ccccc4F)cc3)s2)cc1. The van der Waals surface area contributed by atoms with Crippen LogP contribution in [-0.2, 0) is 0 Å². The molecule has 0 radical (unpaired) electrons. The lowest BCUT2D eigenvalue weighted by Gasteiger charge is -2.06. The van der Waals surface area contributed by atoms with E-state index in [1.807, 2.05) is 31.2 Å². The normalized spacial score (nSPS) is 10.5. The van der Waals surface area contributed by atoms with Gasteiger partial charge in [0.25, 0.3) is 11.8 Å². The first-order valence-electron chi connectivity index (χ1n) is 9.37. The first-order valence-corrected chi connectivity index (χ1v) is 10.2. The molecule has 0 bridgehead atoms. The maximum Gasteiger partial charge on any atom is 0.286 e. The van der Waals surface area contributed by atoms with Gasteiger partial charge in [-0.1, -0.05) is 41.2 Å². The smallest absolute Gasteiger partial charge is 0.286 e. The van der Waals surface area contributed by atoms with Gasteiger partial charge in [0.15, 0.2) is 0 Å². The minimum atomic E-state index is -0.582. The van der Waals surface area contributed by atoms with Crippen LogP contribution in [0.3, 0.4) is 0 Å². The minimum absolute atomic E-state index is 0.0278. The van der Waals surface area contributed by atoms with E-state index in [9.17, 15) is 14.0 Å². The Bertz CT molecular complexity index is 1240. The Balaban J connectivity index is 1.43. The van der Waals surface area contributed by atoms with Crippen molar-refractivity contribution in [2.75, 3.05) is 10.6 Å². The van der Waals surface area contributed by atoms with Gasteiger partial charge >= 0.3 is 0 Å². The molecule has 0 aliphatic carbocycles. The predicted octanol–water partition coefficient (Wildman–Crippen LogP) is 5.16. The van der Waals surface area contributed by atoms with Crippen molar-refractivity contribution in [1.82, 2.24) is 10.2 Å². The molecular weight excluding hydrogens is 415 g/mol. The van der Waals surface area contributed by atoms with Crippen LogP contribution in [0.15, 0.2) is 72.8 Å². The molecule has 31 heavy (non-hydrogen) atoms. The fourth-order valence-electron chi connectivity index (χ4n) is 2.79. The highest BCUT2D eigenvalue weighted by molar-refractivity contribution is 7.16. The van der Waals surface area contributed by atoms with Crippen molar-refractivity contribution in [2.24, 2.45) is 0 Å². The summed E-state index contributed by atoms with van der Waals surface area (Å²) in [6.45, 7) is 1.97. The molecule has 0 spiro atoms. The van der Waals surface area contributed by atoms with Crippen LogP contribution in [0.25, 0.3) is 10.6 Å². The van der Waals surface area contributed by atoms with E-state index in [-0.39, 0.29) is 16.5 Å². The van der Waals surface area contributed by atoms with Gasteiger partial charge in [-0.2, -0.15) is 0 Å². The molecule has 0 unspecified atom stereocenters. The summed E-state index contributed by atoms with van der Waals surface area (Å²) in [4.78, 5) is 24.6. The number of benzene rings is 3. The highest BCUT2D eigenvalue weighted by Gasteiger charge is 2.15. The van der Waals surface area contributed by atoms with Crippen molar-refractivity contribution in [3.05, 3.63) is 94.7 Å². The Morgan fingerprint density at radius 2 is 1.42 bits per heavy atom. The maximum atomic E-state index is 13.7. The number of halogens is 1. The average molecular weight is 432 g/mol. The zero-order valence-corrected chi connectivity index (χ0v) is 17.2. The van der Waals surface area contributed by atoms with Crippen molar-refractivity contribution in [2.45, 2.75) is 6.92 Å². The van der Waals surface area contributed by atoms with E-state index in [1.54, 1.807) is 30.3 Å². The van der Waals surface area contributed by atoms with E-state index in [4.69, 9.17) is 0 Å². The number of amides is 2. The van der Waals surface area contributed by atoms with Gasteiger partial charge < -0.3 is 10.6 Å². The molecule has 2 N–H and O–H groups in total. The average Bonchev–Trinajstić information content (AvgIpc) is 3.27. The van der Waals surface area contributed by atoms with E-state index in [0.717, 1.165) is 22.5 Å². The van der Waals surface area contributed by atoms with Crippen molar-refractivity contribution in [1.29, 1.82) is 0 Å². The van der Waals surface area contributed by atoms with Crippen LogP contribution in [0.5, 0.6) is 0 Å². The number of carbonyl (C=O) groups is 2. The molecule has 1 heterocycles. The Hall–Kier alpha value is -3.91. The summed E-state index contributed by atoms with van der Waals surface area (Å²) in [5.74, 6) is -1.44. The Labute approximate surface area is 181 Å². The zero-order valence-electron chi connectivity index (χ0n) is 16.4. The molecule has 0 aliphatic rings. The van der Waals surface area contributed by atoms with Crippen molar-refractivity contribution >= 4 is 34.5 Å².